The molecule has 0 saturated carbocycles. The molecule has 1 unspecified atom stereocenters. The lowest BCUT2D eigenvalue weighted by Crippen LogP contribution is -2.41. The van der Waals surface area contributed by atoms with Crippen molar-refractivity contribution in [3.8, 4) is 0 Å². The van der Waals surface area contributed by atoms with E-state index in [4.69, 9.17) is 5.73 Å². The zero-order valence-corrected chi connectivity index (χ0v) is 11.1. The second kappa shape index (κ2) is 5.38. The smallest absolute Gasteiger partial charge is 0.255 e. The van der Waals surface area contributed by atoms with E-state index in [9.17, 15) is 9.59 Å². The van der Waals surface area contributed by atoms with E-state index in [-0.39, 0.29) is 11.8 Å². The second-order valence-corrected chi connectivity index (χ2v) is 4.56. The van der Waals surface area contributed by atoms with Gasteiger partial charge in [-0.25, -0.2) is 5.43 Å². The van der Waals surface area contributed by atoms with E-state index in [2.05, 4.69) is 10.9 Å². The molecule has 1 atom stereocenters. The van der Waals surface area contributed by atoms with Gasteiger partial charge < -0.3 is 10.6 Å². The fourth-order valence-corrected chi connectivity index (χ4v) is 2.22. The van der Waals surface area contributed by atoms with Gasteiger partial charge in [-0.1, -0.05) is 12.1 Å². The molecule has 102 valence electrons. The van der Waals surface area contributed by atoms with Crippen molar-refractivity contribution in [3.63, 3.8) is 0 Å². The van der Waals surface area contributed by atoms with E-state index < -0.39 is 6.04 Å². The summed E-state index contributed by atoms with van der Waals surface area (Å²) < 4.78 is 0. The highest BCUT2D eigenvalue weighted by molar-refractivity contribution is 5.96. The molecule has 6 heteroatoms. The maximum Gasteiger partial charge on any atom is 0.255 e. The Balaban J connectivity index is 2.27. The average molecular weight is 262 g/mol. The van der Waals surface area contributed by atoms with Crippen LogP contribution in [0.25, 0.3) is 0 Å². The highest BCUT2D eigenvalue weighted by Gasteiger charge is 2.23. The summed E-state index contributed by atoms with van der Waals surface area (Å²) in [5, 5.41) is 0. The quantitative estimate of drug-likeness (QED) is 0.661. The van der Waals surface area contributed by atoms with Crippen LogP contribution in [0, 0.1) is 0 Å². The van der Waals surface area contributed by atoms with Crippen molar-refractivity contribution in [2.75, 3.05) is 19.0 Å². The number of carbonyl (C=O) groups is 2. The van der Waals surface area contributed by atoms with Crippen LogP contribution in [-0.4, -0.2) is 25.9 Å². The van der Waals surface area contributed by atoms with Crippen LogP contribution in [0.15, 0.2) is 18.2 Å². The van der Waals surface area contributed by atoms with Gasteiger partial charge >= 0.3 is 0 Å². The number of benzene rings is 1. The first-order valence-electron chi connectivity index (χ1n) is 6.16. The number of nitrogens with one attached hydrogen (secondary N) is 2. The van der Waals surface area contributed by atoms with E-state index >= 15 is 0 Å². The Labute approximate surface area is 111 Å². The van der Waals surface area contributed by atoms with Gasteiger partial charge in [0.2, 0.25) is 5.91 Å². The Kier molecular flexibility index (Phi) is 3.82. The van der Waals surface area contributed by atoms with Crippen molar-refractivity contribution in [3.05, 3.63) is 29.3 Å². The summed E-state index contributed by atoms with van der Waals surface area (Å²) in [5.74, 6) is -0.180. The summed E-state index contributed by atoms with van der Waals surface area (Å²) in [7, 11) is 3.37. The van der Waals surface area contributed by atoms with E-state index in [1.165, 1.54) is 0 Å². The Bertz CT molecular complexity index is 515. The summed E-state index contributed by atoms with van der Waals surface area (Å²) in [6.45, 7) is 0. The normalized spacial score (nSPS) is 15.9. The Hall–Kier alpha value is -1.92. The Morgan fingerprint density at radius 1 is 1.42 bits per heavy atom. The zero-order valence-electron chi connectivity index (χ0n) is 11.1. The van der Waals surface area contributed by atoms with Gasteiger partial charge in [0.1, 0.15) is 6.04 Å². The number of amides is 2. The number of nitrogens with zero attached hydrogens (tertiary/aromatic N) is 1. The molecule has 1 heterocycles. The molecule has 4 N–H and O–H groups in total. The van der Waals surface area contributed by atoms with Crippen LogP contribution in [0.1, 0.15) is 23.6 Å². The van der Waals surface area contributed by atoms with Crippen LogP contribution in [0.3, 0.4) is 0 Å². The lowest BCUT2D eigenvalue weighted by atomic mass is 9.96. The minimum atomic E-state index is -0.722. The first-order chi connectivity index (χ1) is 9.04. The predicted octanol–water partition coefficient (Wildman–Crippen LogP) is -0.154. The van der Waals surface area contributed by atoms with Crippen LogP contribution in [-0.2, 0) is 16.0 Å². The van der Waals surface area contributed by atoms with Crippen molar-refractivity contribution in [2.24, 2.45) is 5.73 Å². The molecule has 0 aliphatic carbocycles. The standard InChI is InChI=1S/C13H18N4O2/c1-15-16-13(19)12(14)9-3-5-10-8(7-9)4-6-11(18)17(10)2/h3,5,7,12,15H,4,6,14H2,1-2H3,(H,16,19). The van der Waals surface area contributed by atoms with Crippen molar-refractivity contribution in [1.29, 1.82) is 0 Å². The van der Waals surface area contributed by atoms with E-state index in [1.807, 2.05) is 12.1 Å². The first kappa shape index (κ1) is 13.5. The topological polar surface area (TPSA) is 87.5 Å². The molecule has 1 aliphatic rings. The molecule has 1 aromatic carbocycles. The molecule has 0 fully saturated rings. The van der Waals surface area contributed by atoms with Crippen LogP contribution < -0.4 is 21.5 Å². The fraction of sp³-hybridized carbons (Fsp3) is 0.385. The minimum absolute atomic E-state index is 0.109. The Morgan fingerprint density at radius 2 is 2.16 bits per heavy atom. The molecular weight excluding hydrogens is 244 g/mol. The maximum atomic E-state index is 11.7. The highest BCUT2D eigenvalue weighted by Crippen LogP contribution is 2.28. The van der Waals surface area contributed by atoms with Crippen LogP contribution in [0.2, 0.25) is 0 Å². The second-order valence-electron chi connectivity index (χ2n) is 4.56. The van der Waals surface area contributed by atoms with Gasteiger partial charge in [0.05, 0.1) is 0 Å². The number of hydrogen-bond donors (Lipinski definition) is 3. The minimum Gasteiger partial charge on any atom is -0.316 e. The van der Waals surface area contributed by atoms with Gasteiger partial charge in [-0.05, 0) is 23.6 Å². The number of carbonyl (C=O) groups excluding carboxylic acids is 2. The van der Waals surface area contributed by atoms with Gasteiger partial charge in [0.15, 0.2) is 0 Å². The van der Waals surface area contributed by atoms with E-state index in [0.717, 1.165) is 16.8 Å². The third kappa shape index (κ3) is 2.59. The lowest BCUT2D eigenvalue weighted by molar-refractivity contribution is -0.123. The molecular formula is C13H18N4O2. The lowest BCUT2D eigenvalue weighted by Gasteiger charge is -2.26. The number of fused-ring (bicyclic) bond motifs is 1. The Morgan fingerprint density at radius 3 is 2.84 bits per heavy atom. The number of anilines is 1. The molecule has 2 amide bonds. The summed E-state index contributed by atoms with van der Waals surface area (Å²) in [6, 6.07) is 4.81. The molecule has 2 rings (SSSR count). The molecule has 0 spiro atoms. The molecule has 1 aromatic rings. The summed E-state index contributed by atoms with van der Waals surface area (Å²) >= 11 is 0. The van der Waals surface area contributed by atoms with Crippen molar-refractivity contribution in [1.82, 2.24) is 10.9 Å². The fourth-order valence-electron chi connectivity index (χ4n) is 2.22. The number of rotatable bonds is 3. The van der Waals surface area contributed by atoms with Crippen LogP contribution in [0.4, 0.5) is 5.69 Å². The zero-order chi connectivity index (χ0) is 14.0. The van der Waals surface area contributed by atoms with Gasteiger partial charge in [0, 0.05) is 26.2 Å². The summed E-state index contributed by atoms with van der Waals surface area (Å²) in [6.07, 6.45) is 1.18. The molecule has 0 aromatic heterocycles. The SMILES string of the molecule is CNNC(=O)C(N)c1ccc2c(c1)CCC(=O)N2C. The number of nitrogens with two attached hydrogens (primary N) is 1. The largest absolute Gasteiger partial charge is 0.316 e. The number of hydrazine groups is 1. The average Bonchev–Trinajstić information content (AvgIpc) is 2.42. The van der Waals surface area contributed by atoms with Gasteiger partial charge in [-0.2, -0.15) is 0 Å². The molecule has 0 bridgehead atoms. The van der Waals surface area contributed by atoms with E-state index in [0.29, 0.717) is 12.8 Å². The summed E-state index contributed by atoms with van der Waals surface area (Å²) in [4.78, 5) is 24.9. The van der Waals surface area contributed by atoms with E-state index in [1.54, 1.807) is 25.1 Å². The molecule has 6 nitrogen and oxygen atoms in total. The van der Waals surface area contributed by atoms with Crippen molar-refractivity contribution < 1.29 is 9.59 Å². The molecule has 1 aliphatic heterocycles. The monoisotopic (exact) mass is 262 g/mol. The predicted molar refractivity (Wildman–Crippen MR) is 72.3 cm³/mol. The summed E-state index contributed by atoms with van der Waals surface area (Å²) in [5.41, 5.74) is 13.6. The van der Waals surface area contributed by atoms with Gasteiger partial charge in [-0.3, -0.25) is 15.0 Å². The van der Waals surface area contributed by atoms with Crippen molar-refractivity contribution in [2.45, 2.75) is 18.9 Å². The van der Waals surface area contributed by atoms with Crippen LogP contribution >= 0.6 is 0 Å². The van der Waals surface area contributed by atoms with Crippen LogP contribution in [0.5, 0.6) is 0 Å². The molecule has 0 radical (unpaired) electrons. The molecule has 0 saturated heterocycles. The first-order valence-corrected chi connectivity index (χ1v) is 6.16. The van der Waals surface area contributed by atoms with Gasteiger partial charge in [0.25, 0.3) is 5.91 Å². The molecule has 19 heavy (non-hydrogen) atoms. The van der Waals surface area contributed by atoms with Crippen molar-refractivity contribution >= 4 is 17.5 Å². The third-order valence-electron chi connectivity index (χ3n) is 3.34. The highest BCUT2D eigenvalue weighted by atomic mass is 16.2. The number of hydrogen-bond acceptors (Lipinski definition) is 4. The third-order valence-corrected chi connectivity index (χ3v) is 3.34. The maximum absolute atomic E-state index is 11.7. The van der Waals surface area contributed by atoms with Gasteiger partial charge in [-0.15, -0.1) is 0 Å². The number of aryl methyl sites for hydroxylation is 1.